The van der Waals surface area contributed by atoms with Gasteiger partial charge in [-0.05, 0) is 13.1 Å². The predicted octanol–water partition coefficient (Wildman–Crippen LogP) is 2.64. The fourth-order valence-electron chi connectivity index (χ4n) is 3.42. The van der Waals surface area contributed by atoms with Crippen LogP contribution in [-0.2, 0) is 10.7 Å². The number of nitrogens with one attached hydrogen (secondary N) is 1. The summed E-state index contributed by atoms with van der Waals surface area (Å²) in [4.78, 5) is 28.1. The van der Waals surface area contributed by atoms with Crippen molar-refractivity contribution >= 4 is 28.4 Å². The molecule has 30 heavy (non-hydrogen) atoms. The van der Waals surface area contributed by atoms with Crippen LogP contribution in [0.1, 0.15) is 19.7 Å². The Kier molecular flexibility index (Phi) is 5.10. The topological polar surface area (TPSA) is 79.2 Å². The number of amides is 1. The maximum atomic E-state index is 14.2. The van der Waals surface area contributed by atoms with Crippen LogP contribution in [0.25, 0.3) is 16.7 Å². The van der Waals surface area contributed by atoms with E-state index in [1.54, 1.807) is 29.1 Å². The first-order chi connectivity index (χ1) is 14.2. The van der Waals surface area contributed by atoms with Gasteiger partial charge in [0.15, 0.2) is 0 Å². The van der Waals surface area contributed by atoms with Crippen LogP contribution < -0.4 is 10.2 Å². The van der Waals surface area contributed by atoms with E-state index in [2.05, 4.69) is 25.2 Å². The minimum atomic E-state index is -3.18. The van der Waals surface area contributed by atoms with E-state index in [1.165, 1.54) is 6.92 Å². The number of halogens is 2. The van der Waals surface area contributed by atoms with Gasteiger partial charge in [-0.2, -0.15) is 8.78 Å². The summed E-state index contributed by atoms with van der Waals surface area (Å²) in [5.41, 5.74) is 0.696. The van der Waals surface area contributed by atoms with Gasteiger partial charge in [0.2, 0.25) is 11.7 Å². The molecule has 3 aromatic heterocycles. The minimum Gasteiger partial charge on any atom is -0.354 e. The molecule has 0 spiro atoms. The molecule has 1 fully saturated rings. The van der Waals surface area contributed by atoms with Crippen molar-refractivity contribution in [2.24, 2.45) is 0 Å². The zero-order chi connectivity index (χ0) is 21.5. The minimum absolute atomic E-state index is 0.243. The van der Waals surface area contributed by atoms with E-state index in [9.17, 15) is 13.6 Å². The first-order valence-corrected chi connectivity index (χ1v) is 9.66. The molecule has 1 N–H and O–H groups in total. The molecule has 1 aliphatic heterocycles. The van der Waals surface area contributed by atoms with Crippen LogP contribution in [0, 0.1) is 0 Å². The summed E-state index contributed by atoms with van der Waals surface area (Å²) in [6, 6.07) is 5.23. The highest BCUT2D eigenvalue weighted by molar-refractivity contribution is 5.91. The zero-order valence-corrected chi connectivity index (χ0v) is 17.1. The third-order valence-corrected chi connectivity index (χ3v) is 5.04. The monoisotopic (exact) mass is 415 g/mol. The lowest BCUT2D eigenvalue weighted by atomic mass is 10.3. The van der Waals surface area contributed by atoms with Crippen molar-refractivity contribution in [1.29, 1.82) is 0 Å². The molecule has 0 atom stereocenters. The summed E-state index contributed by atoms with van der Waals surface area (Å²) >= 11 is 0. The first-order valence-electron chi connectivity index (χ1n) is 9.66. The number of carbonyl (C=O) groups is 1. The average molecular weight is 415 g/mol. The van der Waals surface area contributed by atoms with Crippen molar-refractivity contribution < 1.29 is 13.6 Å². The van der Waals surface area contributed by atoms with E-state index < -0.39 is 11.7 Å². The second kappa shape index (κ2) is 7.60. The summed E-state index contributed by atoms with van der Waals surface area (Å²) < 4.78 is 30.1. The lowest BCUT2D eigenvalue weighted by Crippen LogP contribution is -2.45. The number of hydrogen-bond acceptors (Lipinski definition) is 6. The molecule has 0 aliphatic carbocycles. The molecule has 1 saturated heterocycles. The van der Waals surface area contributed by atoms with E-state index in [0.717, 1.165) is 25.4 Å². The molecule has 158 valence electrons. The Balaban J connectivity index is 1.81. The molecule has 4 rings (SSSR count). The van der Waals surface area contributed by atoms with Gasteiger partial charge in [0, 0.05) is 69.9 Å². The Bertz CT molecular complexity index is 1080. The first kappa shape index (κ1) is 20.1. The third-order valence-electron chi connectivity index (χ3n) is 5.04. The number of nitrogens with zero attached hydrogens (tertiary/aromatic N) is 6. The number of aromatic nitrogens is 4. The number of rotatable bonds is 4. The van der Waals surface area contributed by atoms with E-state index in [-0.39, 0.29) is 5.91 Å². The number of fused-ring (bicyclic) bond motifs is 1. The predicted molar refractivity (Wildman–Crippen MR) is 110 cm³/mol. The Labute approximate surface area is 172 Å². The summed E-state index contributed by atoms with van der Waals surface area (Å²) in [5.74, 6) is -2.75. The van der Waals surface area contributed by atoms with Crippen molar-refractivity contribution in [2.75, 3.05) is 43.4 Å². The van der Waals surface area contributed by atoms with Gasteiger partial charge in [0.25, 0.3) is 0 Å². The molecule has 10 heteroatoms. The van der Waals surface area contributed by atoms with Gasteiger partial charge in [-0.3, -0.25) is 4.79 Å². The molecule has 0 radical (unpaired) electrons. The quantitative estimate of drug-likeness (QED) is 0.706. The van der Waals surface area contributed by atoms with Crippen molar-refractivity contribution in [3.63, 3.8) is 0 Å². The molecule has 1 aliphatic rings. The SMILES string of the molecule is CC(=O)Nc1cc2c(ccn2-c2cc(N3CCN(C)CC3)nc(C(C)(F)F)n2)cn1. The van der Waals surface area contributed by atoms with E-state index in [4.69, 9.17) is 0 Å². The number of anilines is 2. The van der Waals surface area contributed by atoms with Crippen LogP contribution in [-0.4, -0.2) is 63.6 Å². The number of likely N-dealkylation sites (N-methyl/N-ethyl adjacent to an activating group) is 1. The van der Waals surface area contributed by atoms with Crippen molar-refractivity contribution in [3.8, 4) is 5.82 Å². The molecule has 0 saturated carbocycles. The van der Waals surface area contributed by atoms with Gasteiger partial charge in [0.1, 0.15) is 17.5 Å². The number of carbonyl (C=O) groups excluding carboxylic acids is 1. The van der Waals surface area contributed by atoms with Gasteiger partial charge in [-0.1, -0.05) is 0 Å². The smallest absolute Gasteiger partial charge is 0.303 e. The Morgan fingerprint density at radius 3 is 2.50 bits per heavy atom. The van der Waals surface area contributed by atoms with Crippen LogP contribution in [0.2, 0.25) is 0 Å². The fourth-order valence-corrected chi connectivity index (χ4v) is 3.42. The molecular formula is C20H23F2N7O. The second-order valence-electron chi connectivity index (χ2n) is 7.58. The lowest BCUT2D eigenvalue weighted by Gasteiger charge is -2.33. The van der Waals surface area contributed by atoms with E-state index in [0.29, 0.717) is 36.1 Å². The van der Waals surface area contributed by atoms with Gasteiger partial charge in [-0.15, -0.1) is 0 Å². The number of hydrogen-bond donors (Lipinski definition) is 1. The van der Waals surface area contributed by atoms with Gasteiger partial charge >= 0.3 is 5.92 Å². The zero-order valence-electron chi connectivity index (χ0n) is 17.1. The van der Waals surface area contributed by atoms with Crippen LogP contribution in [0.3, 0.4) is 0 Å². The second-order valence-corrected chi connectivity index (χ2v) is 7.58. The van der Waals surface area contributed by atoms with Crippen LogP contribution in [0.5, 0.6) is 0 Å². The summed E-state index contributed by atoms with van der Waals surface area (Å²) in [5, 5.41) is 3.44. The Hall–Kier alpha value is -3.14. The lowest BCUT2D eigenvalue weighted by molar-refractivity contribution is -0.114. The summed E-state index contributed by atoms with van der Waals surface area (Å²) in [6.07, 6.45) is 3.37. The van der Waals surface area contributed by atoms with Crippen molar-refractivity contribution in [2.45, 2.75) is 19.8 Å². The molecule has 8 nitrogen and oxygen atoms in total. The van der Waals surface area contributed by atoms with Crippen LogP contribution in [0.15, 0.2) is 30.6 Å². The van der Waals surface area contributed by atoms with Crippen LogP contribution >= 0.6 is 0 Å². The van der Waals surface area contributed by atoms with Gasteiger partial charge < -0.3 is 19.7 Å². The molecule has 0 bridgehead atoms. The van der Waals surface area contributed by atoms with Crippen molar-refractivity contribution in [3.05, 3.63) is 36.4 Å². The molecule has 0 unspecified atom stereocenters. The molecule has 3 aromatic rings. The molecule has 0 aromatic carbocycles. The standard InChI is InChI=1S/C20H23F2N7O/c1-13(30)24-16-10-15-14(12-23-16)4-5-29(15)18-11-17(25-19(26-18)20(2,21)22)28-8-6-27(3)7-9-28/h4-5,10-12H,6-9H2,1-3H3,(H,23,24,30). The summed E-state index contributed by atoms with van der Waals surface area (Å²) in [7, 11) is 2.03. The van der Waals surface area contributed by atoms with Gasteiger partial charge in [0.05, 0.1) is 5.52 Å². The molecule has 1 amide bonds. The fraction of sp³-hybridized carbons (Fsp3) is 0.400. The highest BCUT2D eigenvalue weighted by Gasteiger charge is 2.30. The number of pyridine rings is 1. The third kappa shape index (κ3) is 4.09. The summed E-state index contributed by atoms with van der Waals surface area (Å²) in [6.45, 7) is 5.25. The molecular weight excluding hydrogens is 392 g/mol. The van der Waals surface area contributed by atoms with E-state index >= 15 is 0 Å². The van der Waals surface area contributed by atoms with Gasteiger partial charge in [-0.25, -0.2) is 15.0 Å². The highest BCUT2D eigenvalue weighted by Crippen LogP contribution is 2.29. The Morgan fingerprint density at radius 1 is 1.13 bits per heavy atom. The highest BCUT2D eigenvalue weighted by atomic mass is 19.3. The largest absolute Gasteiger partial charge is 0.354 e. The Morgan fingerprint density at radius 2 is 1.83 bits per heavy atom. The van der Waals surface area contributed by atoms with Crippen LogP contribution in [0.4, 0.5) is 20.4 Å². The maximum Gasteiger partial charge on any atom is 0.303 e. The normalized spacial score (nSPS) is 15.6. The average Bonchev–Trinajstić information content (AvgIpc) is 3.10. The van der Waals surface area contributed by atoms with E-state index in [1.807, 2.05) is 18.0 Å². The maximum absolute atomic E-state index is 14.2. The number of alkyl halides is 2. The number of piperazine rings is 1. The van der Waals surface area contributed by atoms with Crippen molar-refractivity contribution in [1.82, 2.24) is 24.4 Å². The molecule has 4 heterocycles.